The van der Waals surface area contributed by atoms with Gasteiger partial charge in [0, 0.05) is 23.5 Å². The monoisotopic (exact) mass is 272 g/mol. The van der Waals surface area contributed by atoms with Crippen molar-refractivity contribution in [1.82, 2.24) is 4.81 Å². The van der Waals surface area contributed by atoms with Gasteiger partial charge in [0.2, 0.25) is 0 Å². The van der Waals surface area contributed by atoms with Gasteiger partial charge in [0.1, 0.15) is 6.04 Å². The van der Waals surface area contributed by atoms with Crippen molar-refractivity contribution in [2.75, 3.05) is 5.32 Å². The van der Waals surface area contributed by atoms with Crippen LogP contribution in [0.5, 0.6) is 0 Å². The molecule has 0 fully saturated rings. The molecule has 0 aliphatic rings. The molecular weight excluding hydrogens is 252 g/mol. The molecule has 0 heterocycles. The fourth-order valence-electron chi connectivity index (χ4n) is 1.95. The van der Waals surface area contributed by atoms with Gasteiger partial charge >= 0.3 is 0 Å². The molecular formula is C16H20N2O2. The van der Waals surface area contributed by atoms with Gasteiger partial charge in [0.15, 0.2) is 5.69 Å². The SMILES string of the molecule is CCC(C)[N+]([O-])(O)c1ccc(Nc2ccccc2)cc1. The second kappa shape index (κ2) is 6.05. The minimum atomic E-state index is -1.33. The van der Waals surface area contributed by atoms with Crippen LogP contribution in [0.1, 0.15) is 20.3 Å². The molecule has 20 heavy (non-hydrogen) atoms. The van der Waals surface area contributed by atoms with Crippen molar-refractivity contribution >= 4 is 17.1 Å². The van der Waals surface area contributed by atoms with Crippen LogP contribution in [0.25, 0.3) is 0 Å². The highest BCUT2D eigenvalue weighted by Crippen LogP contribution is 2.27. The van der Waals surface area contributed by atoms with Crippen LogP contribution in [0.3, 0.4) is 0 Å². The minimum Gasteiger partial charge on any atom is -0.593 e. The number of nitrogens with zero attached hydrogens (tertiary/aromatic N) is 1. The van der Waals surface area contributed by atoms with E-state index >= 15 is 0 Å². The second-order valence-corrected chi connectivity index (χ2v) is 4.92. The third-order valence-electron chi connectivity index (χ3n) is 3.49. The van der Waals surface area contributed by atoms with E-state index < -0.39 is 4.81 Å². The molecule has 4 heteroatoms. The highest BCUT2D eigenvalue weighted by atomic mass is 16.8. The van der Waals surface area contributed by atoms with Gasteiger partial charge in [-0.1, -0.05) is 25.1 Å². The number of nitrogens with one attached hydrogen (secondary N) is 1. The lowest BCUT2D eigenvalue weighted by atomic mass is 10.2. The maximum Gasteiger partial charge on any atom is 0.165 e. The molecule has 0 aliphatic heterocycles. The average molecular weight is 272 g/mol. The minimum absolute atomic E-state index is 0.345. The van der Waals surface area contributed by atoms with Crippen LogP contribution in [0.4, 0.5) is 17.1 Å². The van der Waals surface area contributed by atoms with Gasteiger partial charge in [-0.15, -0.1) is 0 Å². The lowest BCUT2D eigenvalue weighted by Crippen LogP contribution is -2.46. The van der Waals surface area contributed by atoms with Crippen LogP contribution < -0.4 is 10.1 Å². The molecule has 0 radical (unpaired) electrons. The predicted octanol–water partition coefficient (Wildman–Crippen LogP) is 4.42. The zero-order valence-corrected chi connectivity index (χ0v) is 11.8. The van der Waals surface area contributed by atoms with Crippen LogP contribution in [0, 0.1) is 5.21 Å². The number of para-hydroxylation sites is 1. The van der Waals surface area contributed by atoms with E-state index in [1.54, 1.807) is 31.2 Å². The summed E-state index contributed by atoms with van der Waals surface area (Å²) in [5.74, 6) is 0. The van der Waals surface area contributed by atoms with E-state index in [-0.39, 0.29) is 6.04 Å². The molecule has 0 aromatic heterocycles. The van der Waals surface area contributed by atoms with Crippen molar-refractivity contribution in [2.45, 2.75) is 26.3 Å². The number of quaternary nitrogens is 1. The summed E-state index contributed by atoms with van der Waals surface area (Å²) in [4.78, 5) is -1.33. The van der Waals surface area contributed by atoms with E-state index in [2.05, 4.69) is 5.32 Å². The van der Waals surface area contributed by atoms with Gasteiger partial charge in [-0.25, -0.2) is 5.21 Å². The maximum atomic E-state index is 12.2. The Morgan fingerprint density at radius 2 is 1.60 bits per heavy atom. The van der Waals surface area contributed by atoms with E-state index in [9.17, 15) is 10.4 Å². The summed E-state index contributed by atoms with van der Waals surface area (Å²) in [6, 6.07) is 16.3. The molecule has 2 atom stereocenters. The molecule has 0 spiro atoms. The zero-order valence-electron chi connectivity index (χ0n) is 11.8. The molecule has 2 rings (SSSR count). The molecule has 0 amide bonds. The Balaban J connectivity index is 2.14. The summed E-state index contributed by atoms with van der Waals surface area (Å²) in [6.07, 6.45) is 0.615. The number of benzene rings is 2. The molecule has 0 saturated heterocycles. The van der Waals surface area contributed by atoms with Crippen LogP contribution in [-0.2, 0) is 0 Å². The van der Waals surface area contributed by atoms with Crippen LogP contribution in [0.2, 0.25) is 0 Å². The first-order chi connectivity index (χ1) is 9.54. The Bertz CT molecular complexity index is 538. The molecule has 2 aromatic rings. The van der Waals surface area contributed by atoms with Crippen molar-refractivity contribution in [3.63, 3.8) is 0 Å². The van der Waals surface area contributed by atoms with Gasteiger partial charge < -0.3 is 10.5 Å². The first kappa shape index (κ1) is 14.5. The molecule has 2 aromatic carbocycles. The summed E-state index contributed by atoms with van der Waals surface area (Å²) in [7, 11) is 0. The molecule has 106 valence electrons. The standard InChI is InChI=1S/C16H20N2O2/c1-3-13(2)18(19,20)16-11-9-15(10-12-16)17-14-7-5-4-6-8-14/h4-13,17,19H,3H2,1-2H3. The van der Waals surface area contributed by atoms with Crippen LogP contribution in [0.15, 0.2) is 54.6 Å². The lowest BCUT2D eigenvalue weighted by Gasteiger charge is -2.38. The van der Waals surface area contributed by atoms with Crippen molar-refractivity contribution in [1.29, 1.82) is 0 Å². The lowest BCUT2D eigenvalue weighted by molar-refractivity contribution is -0.0641. The number of rotatable bonds is 5. The first-order valence-corrected chi connectivity index (χ1v) is 6.79. The molecule has 0 saturated carbocycles. The molecule has 0 aliphatic carbocycles. The summed E-state index contributed by atoms with van der Waals surface area (Å²) in [5.41, 5.74) is 2.20. The van der Waals surface area contributed by atoms with E-state index in [4.69, 9.17) is 0 Å². The summed E-state index contributed by atoms with van der Waals surface area (Å²) >= 11 is 0. The van der Waals surface area contributed by atoms with E-state index in [1.807, 2.05) is 37.3 Å². The summed E-state index contributed by atoms with van der Waals surface area (Å²) < 4.78 is 0. The van der Waals surface area contributed by atoms with E-state index in [0.717, 1.165) is 11.4 Å². The number of hydrogen-bond acceptors (Lipinski definition) is 3. The van der Waals surface area contributed by atoms with Gasteiger partial charge in [0.05, 0.1) is 0 Å². The first-order valence-electron chi connectivity index (χ1n) is 6.79. The largest absolute Gasteiger partial charge is 0.593 e. The number of anilines is 2. The zero-order chi connectivity index (χ0) is 14.6. The Morgan fingerprint density at radius 3 is 2.15 bits per heavy atom. The van der Waals surface area contributed by atoms with Crippen LogP contribution >= 0.6 is 0 Å². The maximum absolute atomic E-state index is 12.2. The third-order valence-corrected chi connectivity index (χ3v) is 3.49. The number of hydroxylamine groups is 2. The van der Waals surface area contributed by atoms with Crippen molar-refractivity contribution in [2.24, 2.45) is 0 Å². The van der Waals surface area contributed by atoms with Gasteiger partial charge in [-0.3, -0.25) is 0 Å². The average Bonchev–Trinajstić information content (AvgIpc) is 2.48. The summed E-state index contributed by atoms with van der Waals surface area (Å²) in [5, 5.41) is 25.4. The summed E-state index contributed by atoms with van der Waals surface area (Å²) in [6.45, 7) is 3.63. The van der Waals surface area contributed by atoms with Crippen LogP contribution in [-0.4, -0.2) is 11.2 Å². The highest BCUT2D eigenvalue weighted by molar-refractivity contribution is 5.62. The second-order valence-electron chi connectivity index (χ2n) is 4.92. The van der Waals surface area contributed by atoms with Gasteiger partial charge in [-0.2, -0.15) is 4.81 Å². The van der Waals surface area contributed by atoms with E-state index in [1.165, 1.54) is 0 Å². The quantitative estimate of drug-likeness (QED) is 0.625. The van der Waals surface area contributed by atoms with Crippen molar-refractivity contribution in [3.05, 3.63) is 59.8 Å². The topological polar surface area (TPSA) is 55.3 Å². The highest BCUT2D eigenvalue weighted by Gasteiger charge is 2.24. The Kier molecular flexibility index (Phi) is 4.39. The molecule has 4 nitrogen and oxygen atoms in total. The normalized spacial score (nSPS) is 15.4. The van der Waals surface area contributed by atoms with E-state index in [0.29, 0.717) is 12.1 Å². The van der Waals surface area contributed by atoms with Crippen molar-refractivity contribution in [3.8, 4) is 0 Å². The fraction of sp³-hybridized carbons (Fsp3) is 0.250. The Morgan fingerprint density at radius 1 is 1.05 bits per heavy atom. The van der Waals surface area contributed by atoms with Crippen molar-refractivity contribution < 1.29 is 5.21 Å². The van der Waals surface area contributed by atoms with Gasteiger partial charge in [0.25, 0.3) is 0 Å². The Hall–Kier alpha value is -1.88. The molecule has 0 bridgehead atoms. The third kappa shape index (κ3) is 3.17. The number of hydrogen-bond donors (Lipinski definition) is 2. The Labute approximate surface area is 119 Å². The molecule has 2 unspecified atom stereocenters. The smallest absolute Gasteiger partial charge is 0.165 e. The fourth-order valence-corrected chi connectivity index (χ4v) is 1.95. The predicted molar refractivity (Wildman–Crippen MR) is 82.9 cm³/mol. The van der Waals surface area contributed by atoms with Gasteiger partial charge in [-0.05, 0) is 37.6 Å². The molecule has 2 N–H and O–H groups in total.